The van der Waals surface area contributed by atoms with E-state index in [0.717, 1.165) is 30.3 Å². The van der Waals surface area contributed by atoms with E-state index in [0.29, 0.717) is 17.6 Å². The number of carbonyl (C=O) groups excluding carboxylic acids is 1. The minimum absolute atomic E-state index is 0.0307. The number of rotatable bonds is 2. The Kier molecular flexibility index (Phi) is 3.51. The highest BCUT2D eigenvalue weighted by Gasteiger charge is 2.28. The van der Waals surface area contributed by atoms with E-state index < -0.39 is 0 Å². The highest BCUT2D eigenvalue weighted by molar-refractivity contribution is 5.99. The van der Waals surface area contributed by atoms with Crippen LogP contribution in [0.25, 0.3) is 10.8 Å². The Balaban J connectivity index is 1.89. The van der Waals surface area contributed by atoms with Crippen molar-refractivity contribution in [3.63, 3.8) is 0 Å². The Hall–Kier alpha value is -2.14. The van der Waals surface area contributed by atoms with Gasteiger partial charge in [-0.1, -0.05) is 24.3 Å². The molecule has 2 N–H and O–H groups in total. The molecule has 0 saturated carbocycles. The largest absolute Gasteiger partial charge is 0.383 e. The summed E-state index contributed by atoms with van der Waals surface area (Å²) in [4.78, 5) is 20.9. The number of hydrogen-bond acceptors (Lipinski definition) is 4. The van der Waals surface area contributed by atoms with Crippen molar-refractivity contribution in [2.75, 3.05) is 32.9 Å². The number of carbonyl (C=O) groups is 1. The molecule has 1 unspecified atom stereocenters. The van der Waals surface area contributed by atoms with E-state index in [1.54, 1.807) is 0 Å². The molecule has 0 radical (unpaired) electrons. The number of nitrogens with two attached hydrogens (primary N) is 1. The molecule has 1 aliphatic rings. The number of nitrogens with zero attached hydrogens (tertiary/aromatic N) is 3. The minimum Gasteiger partial charge on any atom is -0.383 e. The molecule has 0 aliphatic carbocycles. The van der Waals surface area contributed by atoms with Crippen LogP contribution in [0.15, 0.2) is 30.3 Å². The average molecular weight is 284 g/mol. The van der Waals surface area contributed by atoms with Crippen LogP contribution >= 0.6 is 0 Å². The number of likely N-dealkylation sites (N-methyl/N-ethyl adjacent to an activating group) is 1. The van der Waals surface area contributed by atoms with Gasteiger partial charge in [0.1, 0.15) is 11.5 Å². The second-order valence-corrected chi connectivity index (χ2v) is 5.77. The smallest absolute Gasteiger partial charge is 0.272 e. The zero-order chi connectivity index (χ0) is 15.0. The predicted molar refractivity (Wildman–Crippen MR) is 84.2 cm³/mol. The van der Waals surface area contributed by atoms with Gasteiger partial charge in [0.2, 0.25) is 0 Å². The number of nitrogen functional groups attached to an aromatic ring is 1. The van der Waals surface area contributed by atoms with Crippen molar-refractivity contribution in [3.8, 4) is 0 Å². The van der Waals surface area contributed by atoms with Gasteiger partial charge in [-0.2, -0.15) is 0 Å². The third-order valence-electron chi connectivity index (χ3n) is 4.17. The second-order valence-electron chi connectivity index (χ2n) is 5.77. The Morgan fingerprint density at radius 2 is 2.14 bits per heavy atom. The lowest BCUT2D eigenvalue weighted by Crippen LogP contribution is -2.34. The Morgan fingerprint density at radius 1 is 1.38 bits per heavy atom. The van der Waals surface area contributed by atoms with E-state index >= 15 is 0 Å². The molecule has 0 bridgehead atoms. The number of benzene rings is 1. The van der Waals surface area contributed by atoms with Crippen LogP contribution in [0.5, 0.6) is 0 Å². The third-order valence-corrected chi connectivity index (χ3v) is 4.17. The maximum atomic E-state index is 12.6. The van der Waals surface area contributed by atoms with Crippen LogP contribution in [0.4, 0.5) is 5.82 Å². The number of fused-ring (bicyclic) bond motifs is 1. The summed E-state index contributed by atoms with van der Waals surface area (Å²) in [6.07, 6.45) is 1.00. The second kappa shape index (κ2) is 5.33. The fourth-order valence-electron chi connectivity index (χ4n) is 2.85. The predicted octanol–water partition coefficient (Wildman–Crippen LogP) is 1.59. The topological polar surface area (TPSA) is 62.5 Å². The van der Waals surface area contributed by atoms with Gasteiger partial charge < -0.3 is 15.5 Å². The zero-order valence-corrected chi connectivity index (χ0v) is 12.4. The first-order valence-corrected chi connectivity index (χ1v) is 7.17. The maximum absolute atomic E-state index is 12.6. The lowest BCUT2D eigenvalue weighted by atomic mass is 10.1. The van der Waals surface area contributed by atoms with Gasteiger partial charge in [-0.05, 0) is 32.0 Å². The molecule has 1 atom stereocenters. The lowest BCUT2D eigenvalue weighted by Gasteiger charge is -2.20. The van der Waals surface area contributed by atoms with Crippen LogP contribution < -0.4 is 5.73 Å². The molecule has 1 aliphatic heterocycles. The number of anilines is 1. The van der Waals surface area contributed by atoms with Gasteiger partial charge in [-0.25, -0.2) is 4.98 Å². The van der Waals surface area contributed by atoms with Crippen molar-refractivity contribution in [2.45, 2.75) is 12.5 Å². The Bertz CT molecular complexity index is 683. The van der Waals surface area contributed by atoms with Gasteiger partial charge in [-0.15, -0.1) is 0 Å². The number of hydrogen-bond donors (Lipinski definition) is 1. The van der Waals surface area contributed by atoms with Gasteiger partial charge in [0.25, 0.3) is 5.91 Å². The van der Waals surface area contributed by atoms with Crippen molar-refractivity contribution < 1.29 is 4.79 Å². The van der Waals surface area contributed by atoms with Gasteiger partial charge in [0.05, 0.1) is 0 Å². The highest BCUT2D eigenvalue weighted by Crippen LogP contribution is 2.22. The van der Waals surface area contributed by atoms with Crippen LogP contribution in [0.1, 0.15) is 16.9 Å². The Labute approximate surface area is 124 Å². The summed E-state index contributed by atoms with van der Waals surface area (Å²) in [5, 5.41) is 1.85. The summed E-state index contributed by atoms with van der Waals surface area (Å²) in [5.41, 5.74) is 6.41. The first-order valence-electron chi connectivity index (χ1n) is 7.17. The summed E-state index contributed by atoms with van der Waals surface area (Å²) < 4.78 is 0. The molecule has 1 aromatic carbocycles. The van der Waals surface area contributed by atoms with Gasteiger partial charge >= 0.3 is 0 Å². The van der Waals surface area contributed by atoms with E-state index in [1.807, 2.05) is 49.3 Å². The van der Waals surface area contributed by atoms with Crippen LogP contribution in [0.3, 0.4) is 0 Å². The molecule has 0 spiro atoms. The monoisotopic (exact) mass is 284 g/mol. The fourth-order valence-corrected chi connectivity index (χ4v) is 2.85. The molecule has 1 aromatic heterocycles. The van der Waals surface area contributed by atoms with Crippen LogP contribution in [0.2, 0.25) is 0 Å². The number of pyridine rings is 1. The molecule has 2 aromatic rings. The summed E-state index contributed by atoms with van der Waals surface area (Å²) in [6.45, 7) is 1.52. The normalized spacial score (nSPS) is 18.6. The summed E-state index contributed by atoms with van der Waals surface area (Å²) in [6, 6.07) is 9.99. The van der Waals surface area contributed by atoms with E-state index in [9.17, 15) is 4.79 Å². The van der Waals surface area contributed by atoms with Crippen molar-refractivity contribution >= 4 is 22.5 Å². The number of amides is 1. The molecule has 1 saturated heterocycles. The fraction of sp³-hybridized carbons (Fsp3) is 0.375. The van der Waals surface area contributed by atoms with Crippen molar-refractivity contribution in [2.24, 2.45) is 0 Å². The number of aromatic nitrogens is 1. The van der Waals surface area contributed by atoms with Gasteiger partial charge in [0.15, 0.2) is 0 Å². The molecule has 5 heteroatoms. The average Bonchev–Trinajstić information content (AvgIpc) is 2.96. The van der Waals surface area contributed by atoms with Crippen LogP contribution in [-0.4, -0.2) is 53.9 Å². The van der Waals surface area contributed by atoms with Crippen LogP contribution in [0, 0.1) is 0 Å². The van der Waals surface area contributed by atoms with Crippen molar-refractivity contribution in [1.29, 1.82) is 0 Å². The number of likely N-dealkylation sites (tertiary alicyclic amines) is 1. The first-order chi connectivity index (χ1) is 10.1. The summed E-state index contributed by atoms with van der Waals surface area (Å²) >= 11 is 0. The minimum atomic E-state index is -0.0307. The molecular formula is C16H20N4O. The van der Waals surface area contributed by atoms with Gasteiger partial charge in [-0.3, -0.25) is 4.79 Å². The molecular weight excluding hydrogens is 264 g/mol. The standard InChI is InChI=1S/C16H20N4O/c1-19(2)12-7-8-20(10-12)16(21)14-9-11-5-3-4-6-13(11)15(17)18-14/h3-6,9,12H,7-8,10H2,1-2H3,(H2,17,18). The zero-order valence-electron chi connectivity index (χ0n) is 12.4. The van der Waals surface area contributed by atoms with E-state index in [4.69, 9.17) is 5.73 Å². The van der Waals surface area contributed by atoms with Crippen molar-refractivity contribution in [1.82, 2.24) is 14.8 Å². The molecule has 21 heavy (non-hydrogen) atoms. The summed E-state index contributed by atoms with van der Waals surface area (Å²) in [5.74, 6) is 0.386. The molecule has 2 heterocycles. The molecule has 5 nitrogen and oxygen atoms in total. The van der Waals surface area contributed by atoms with Crippen molar-refractivity contribution in [3.05, 3.63) is 36.0 Å². The first kappa shape index (κ1) is 13.8. The van der Waals surface area contributed by atoms with E-state index in [2.05, 4.69) is 9.88 Å². The molecule has 3 rings (SSSR count). The molecule has 1 amide bonds. The maximum Gasteiger partial charge on any atom is 0.272 e. The van der Waals surface area contributed by atoms with E-state index in [1.165, 1.54) is 0 Å². The highest BCUT2D eigenvalue weighted by atomic mass is 16.2. The van der Waals surface area contributed by atoms with E-state index in [-0.39, 0.29) is 5.91 Å². The molecule has 1 fully saturated rings. The third kappa shape index (κ3) is 2.56. The SMILES string of the molecule is CN(C)C1CCN(C(=O)c2cc3ccccc3c(N)n2)C1. The summed E-state index contributed by atoms with van der Waals surface area (Å²) in [7, 11) is 4.09. The quantitative estimate of drug-likeness (QED) is 0.909. The Morgan fingerprint density at radius 3 is 2.86 bits per heavy atom. The lowest BCUT2D eigenvalue weighted by molar-refractivity contribution is 0.0777. The molecule has 110 valence electrons. The van der Waals surface area contributed by atoms with Gasteiger partial charge in [0, 0.05) is 24.5 Å². The van der Waals surface area contributed by atoms with Crippen LogP contribution in [-0.2, 0) is 0 Å².